The van der Waals surface area contributed by atoms with Crippen LogP contribution in [0.25, 0.3) is 10.4 Å². The Labute approximate surface area is 103 Å². The van der Waals surface area contributed by atoms with Crippen molar-refractivity contribution >= 4 is 17.3 Å². The van der Waals surface area contributed by atoms with E-state index in [0.29, 0.717) is 4.88 Å². The quantitative estimate of drug-likeness (QED) is 0.876. The summed E-state index contributed by atoms with van der Waals surface area (Å²) < 4.78 is 0. The molecule has 0 aliphatic carbocycles. The summed E-state index contributed by atoms with van der Waals surface area (Å²) in [5.74, 6) is -0.870. The molecule has 0 amide bonds. The Morgan fingerprint density at radius 3 is 2.94 bits per heavy atom. The number of aromatic carboxylic acids is 1. The Kier molecular flexibility index (Phi) is 3.28. The Hall–Kier alpha value is -1.62. The van der Waals surface area contributed by atoms with Gasteiger partial charge in [0.1, 0.15) is 4.88 Å². The zero-order valence-corrected chi connectivity index (χ0v) is 10.6. The monoisotopic (exact) mass is 250 g/mol. The zero-order chi connectivity index (χ0) is 12.4. The number of nitrogens with zero attached hydrogens (tertiary/aromatic N) is 1. The molecule has 0 unspecified atom stereocenters. The number of aromatic amines is 1. The van der Waals surface area contributed by atoms with Crippen molar-refractivity contribution in [2.75, 3.05) is 0 Å². The number of aryl methyl sites for hydroxylation is 2. The van der Waals surface area contributed by atoms with Crippen LogP contribution in [0, 0.1) is 6.92 Å². The summed E-state index contributed by atoms with van der Waals surface area (Å²) in [7, 11) is 0. The summed E-state index contributed by atoms with van der Waals surface area (Å²) in [5.41, 5.74) is 3.03. The van der Waals surface area contributed by atoms with Crippen LogP contribution in [-0.2, 0) is 6.42 Å². The molecule has 2 aromatic heterocycles. The summed E-state index contributed by atoms with van der Waals surface area (Å²) in [6.45, 7) is 4.03. The zero-order valence-electron chi connectivity index (χ0n) is 9.78. The molecule has 0 aromatic carbocycles. The van der Waals surface area contributed by atoms with Crippen LogP contribution in [0.4, 0.5) is 0 Å². The molecule has 0 atom stereocenters. The molecule has 0 saturated heterocycles. The summed E-state index contributed by atoms with van der Waals surface area (Å²) >= 11 is 1.31. The van der Waals surface area contributed by atoms with Gasteiger partial charge in [0.2, 0.25) is 0 Å². The first-order valence-electron chi connectivity index (χ1n) is 5.50. The van der Waals surface area contributed by atoms with Gasteiger partial charge in [-0.25, -0.2) is 4.79 Å². The molecule has 5 heteroatoms. The van der Waals surface area contributed by atoms with Gasteiger partial charge >= 0.3 is 5.97 Å². The van der Waals surface area contributed by atoms with E-state index in [9.17, 15) is 4.79 Å². The summed E-state index contributed by atoms with van der Waals surface area (Å²) in [6.07, 6.45) is 3.77. The lowest BCUT2D eigenvalue weighted by Gasteiger charge is -1.99. The van der Waals surface area contributed by atoms with Crippen molar-refractivity contribution in [3.05, 3.63) is 28.4 Å². The molecule has 2 heterocycles. The molecule has 0 spiro atoms. The van der Waals surface area contributed by atoms with Crippen molar-refractivity contribution in [2.45, 2.75) is 26.7 Å². The van der Waals surface area contributed by atoms with Gasteiger partial charge in [0.05, 0.1) is 5.69 Å². The number of carboxylic acid groups (broad SMARTS) is 1. The first kappa shape index (κ1) is 11.9. The average molecular weight is 250 g/mol. The number of nitrogens with one attached hydrogen (secondary N) is 1. The predicted molar refractivity (Wildman–Crippen MR) is 67.6 cm³/mol. The highest BCUT2D eigenvalue weighted by atomic mass is 32.1. The normalized spacial score (nSPS) is 10.7. The lowest BCUT2D eigenvalue weighted by atomic mass is 10.1. The van der Waals surface area contributed by atoms with E-state index in [1.165, 1.54) is 11.3 Å². The summed E-state index contributed by atoms with van der Waals surface area (Å²) in [5, 5.41) is 16.0. The summed E-state index contributed by atoms with van der Waals surface area (Å²) in [6, 6.07) is 1.71. The number of H-pyrrole nitrogens is 1. The Balaban J connectivity index is 2.45. The van der Waals surface area contributed by atoms with Crippen LogP contribution < -0.4 is 0 Å². The third-order valence-corrected chi connectivity index (χ3v) is 3.84. The van der Waals surface area contributed by atoms with Crippen molar-refractivity contribution in [3.63, 3.8) is 0 Å². The first-order chi connectivity index (χ1) is 8.13. The largest absolute Gasteiger partial charge is 0.477 e. The van der Waals surface area contributed by atoms with Gasteiger partial charge in [-0.05, 0) is 25.0 Å². The van der Waals surface area contributed by atoms with Gasteiger partial charge in [0.25, 0.3) is 0 Å². The second-order valence-corrected chi connectivity index (χ2v) is 4.98. The minimum atomic E-state index is -0.870. The van der Waals surface area contributed by atoms with Gasteiger partial charge in [0.15, 0.2) is 0 Å². The fourth-order valence-corrected chi connectivity index (χ4v) is 2.85. The third kappa shape index (κ3) is 2.24. The molecule has 0 radical (unpaired) electrons. The van der Waals surface area contributed by atoms with Crippen molar-refractivity contribution in [1.29, 1.82) is 0 Å². The summed E-state index contributed by atoms with van der Waals surface area (Å²) in [4.78, 5) is 12.3. The van der Waals surface area contributed by atoms with Gasteiger partial charge in [0, 0.05) is 16.6 Å². The van der Waals surface area contributed by atoms with Crippen LogP contribution in [0.5, 0.6) is 0 Å². The lowest BCUT2D eigenvalue weighted by molar-refractivity contribution is 0.0702. The van der Waals surface area contributed by atoms with E-state index in [2.05, 4.69) is 17.1 Å². The highest BCUT2D eigenvalue weighted by Crippen LogP contribution is 2.34. The lowest BCUT2D eigenvalue weighted by Crippen LogP contribution is -1.89. The van der Waals surface area contributed by atoms with Crippen LogP contribution in [0.3, 0.4) is 0 Å². The van der Waals surface area contributed by atoms with E-state index in [-0.39, 0.29) is 0 Å². The molecule has 0 aliphatic rings. The van der Waals surface area contributed by atoms with Gasteiger partial charge in [-0.15, -0.1) is 11.3 Å². The van der Waals surface area contributed by atoms with E-state index in [0.717, 1.165) is 34.5 Å². The maximum atomic E-state index is 10.9. The fraction of sp³-hybridized carbons (Fsp3) is 0.333. The SMILES string of the molecule is CCCc1n[nH]cc1-c1sc(C(=O)O)cc1C. The third-order valence-electron chi connectivity index (χ3n) is 2.58. The van der Waals surface area contributed by atoms with Gasteiger partial charge in [-0.1, -0.05) is 13.3 Å². The Bertz CT molecular complexity index is 542. The number of hydrogen-bond acceptors (Lipinski definition) is 3. The van der Waals surface area contributed by atoms with Crippen LogP contribution in [0.1, 0.15) is 34.3 Å². The Morgan fingerprint density at radius 2 is 2.35 bits per heavy atom. The number of aromatic nitrogens is 2. The van der Waals surface area contributed by atoms with Crippen LogP contribution >= 0.6 is 11.3 Å². The topological polar surface area (TPSA) is 66.0 Å². The molecular weight excluding hydrogens is 236 g/mol. The first-order valence-corrected chi connectivity index (χ1v) is 6.32. The molecule has 0 bridgehead atoms. The van der Waals surface area contributed by atoms with Crippen molar-refractivity contribution in [1.82, 2.24) is 10.2 Å². The molecule has 2 rings (SSSR count). The highest BCUT2D eigenvalue weighted by Gasteiger charge is 2.16. The standard InChI is InChI=1S/C12H14N2O2S/c1-3-4-9-8(6-13-14-9)11-7(2)5-10(17-11)12(15)16/h5-6H,3-4H2,1-2H3,(H,13,14)(H,15,16). The van der Waals surface area contributed by atoms with Crippen LogP contribution in [0.2, 0.25) is 0 Å². The van der Waals surface area contributed by atoms with E-state index in [1.807, 2.05) is 13.1 Å². The van der Waals surface area contributed by atoms with Crippen LogP contribution in [-0.4, -0.2) is 21.3 Å². The molecule has 17 heavy (non-hydrogen) atoms. The van der Waals surface area contributed by atoms with Crippen molar-refractivity contribution < 1.29 is 9.90 Å². The number of carbonyl (C=O) groups is 1. The molecule has 0 fully saturated rings. The van der Waals surface area contributed by atoms with E-state index in [4.69, 9.17) is 5.11 Å². The number of rotatable bonds is 4. The smallest absolute Gasteiger partial charge is 0.345 e. The molecular formula is C12H14N2O2S. The second kappa shape index (κ2) is 4.71. The minimum absolute atomic E-state index is 0.376. The second-order valence-electron chi connectivity index (χ2n) is 3.92. The predicted octanol–water partition coefficient (Wildman–Crippen LogP) is 3.10. The molecule has 0 saturated carbocycles. The van der Waals surface area contributed by atoms with Crippen molar-refractivity contribution in [2.24, 2.45) is 0 Å². The van der Waals surface area contributed by atoms with E-state index < -0.39 is 5.97 Å². The van der Waals surface area contributed by atoms with E-state index in [1.54, 1.807) is 6.07 Å². The number of thiophene rings is 1. The highest BCUT2D eigenvalue weighted by molar-refractivity contribution is 7.17. The van der Waals surface area contributed by atoms with E-state index >= 15 is 0 Å². The molecule has 2 N–H and O–H groups in total. The molecule has 90 valence electrons. The van der Waals surface area contributed by atoms with Gasteiger partial charge < -0.3 is 5.11 Å². The van der Waals surface area contributed by atoms with Gasteiger partial charge in [-0.3, -0.25) is 5.10 Å². The number of carboxylic acids is 1. The number of hydrogen-bond donors (Lipinski definition) is 2. The fourth-order valence-electron chi connectivity index (χ4n) is 1.80. The molecule has 2 aromatic rings. The maximum absolute atomic E-state index is 10.9. The van der Waals surface area contributed by atoms with Gasteiger partial charge in [-0.2, -0.15) is 5.10 Å². The molecule has 0 aliphatic heterocycles. The molecule has 4 nitrogen and oxygen atoms in total. The Morgan fingerprint density at radius 1 is 1.59 bits per heavy atom. The van der Waals surface area contributed by atoms with Crippen LogP contribution in [0.15, 0.2) is 12.3 Å². The maximum Gasteiger partial charge on any atom is 0.345 e. The minimum Gasteiger partial charge on any atom is -0.477 e. The average Bonchev–Trinajstić information content (AvgIpc) is 2.85. The van der Waals surface area contributed by atoms with Crippen molar-refractivity contribution in [3.8, 4) is 10.4 Å².